The second kappa shape index (κ2) is 38.4. The number of aliphatic carboxylic acids is 1. The number of carbonyl (C=O) groups excluding carboxylic acids is 2. The molecule has 4 rings (SSSR count). The van der Waals surface area contributed by atoms with Gasteiger partial charge in [0.15, 0.2) is 23.2 Å². The Balaban J connectivity index is 0.000000522. The van der Waals surface area contributed by atoms with Gasteiger partial charge in [-0.3, -0.25) is 9.59 Å². The Kier molecular flexibility index (Phi) is 31.0. The molecule has 0 radical (unpaired) electrons. The van der Waals surface area contributed by atoms with E-state index in [1.54, 1.807) is 25.3 Å². The highest BCUT2D eigenvalue weighted by Gasteiger charge is 2.57. The number of pyridine rings is 1. The number of amides is 1. The maximum Gasteiger partial charge on any atom is 0.490 e. The van der Waals surface area contributed by atoms with Crippen LogP contribution in [0.3, 0.4) is 0 Å². The van der Waals surface area contributed by atoms with Gasteiger partial charge >= 0.3 is 12.1 Å². The summed E-state index contributed by atoms with van der Waals surface area (Å²) in [5.74, 6) is 77.9. The van der Waals surface area contributed by atoms with Crippen molar-refractivity contribution in [2.75, 3.05) is 25.5 Å². The second-order valence-corrected chi connectivity index (χ2v) is 16.6. The number of terminal acetylenes is 1. The summed E-state index contributed by atoms with van der Waals surface area (Å²) in [5, 5.41) is 13.2. The van der Waals surface area contributed by atoms with Crippen molar-refractivity contribution in [2.45, 2.75) is 51.9 Å². The third-order valence-electron chi connectivity index (χ3n) is 8.67. The van der Waals surface area contributed by atoms with Gasteiger partial charge in [-0.15, -0.1) is 17.8 Å². The maximum absolute atomic E-state index is 13.1. The quantitative estimate of drug-likeness (QED) is 0.0283. The number of thiazole rings is 1. The van der Waals surface area contributed by atoms with E-state index >= 15 is 0 Å². The number of anilines is 1. The van der Waals surface area contributed by atoms with Crippen LogP contribution < -0.4 is 20.8 Å². The van der Waals surface area contributed by atoms with Crippen LogP contribution in [0.5, 0.6) is 5.75 Å². The van der Waals surface area contributed by atoms with Crippen LogP contribution in [0.25, 0.3) is 5.82 Å². The number of rotatable bonds is 15. The molecular formula is C61H35F3N8O10S2. The Morgan fingerprint density at radius 2 is 1.29 bits per heavy atom. The number of nitrogens with two attached hydrogens (primary N) is 2. The molecule has 3 aromatic rings. The van der Waals surface area contributed by atoms with Crippen molar-refractivity contribution in [3.05, 3.63) is 48.1 Å². The van der Waals surface area contributed by atoms with Crippen LogP contribution in [0.2, 0.25) is 0 Å². The molecule has 3 aromatic heterocycles. The highest BCUT2D eigenvalue weighted by molar-refractivity contribution is 7.80. The third kappa shape index (κ3) is 29.0. The Hall–Kier alpha value is -12.2. The van der Waals surface area contributed by atoms with Gasteiger partial charge in [0, 0.05) is 113 Å². The number of β-lactam (4-membered cyclic amide) rings is 1. The Morgan fingerprint density at radius 3 is 1.65 bits per heavy atom. The molecule has 0 saturated carbocycles. The molecule has 0 bridgehead atoms. The standard InChI is InChI=1S/C35H4.C24H30N8O8S2.C2HF3O2/c1-3-5-7-9-11-13-15-17-19-21-23-25-27-29-31-33-35-34-32-30-28-26-24-22-20-18-16-14-12-10-8-6-4-2;1-24(2)17(22(34)32(24)40-42(35,36)37)12-19(33)21(18-14-41-23(26)28-18)29-39-11-10-38-16-4-5-20(27-13-16)31-9-8-30(15-31)7-3-6-25;3-2(4,5)1(6)7/h1H,2H3;4-5,8-9,13-15,17H,3,6-7,10-12,25H2,1-2H3,(H2-,26,28,35,36,37);(H,6,7)/b;29-21-;/t;17-;/m.1./s1. The summed E-state index contributed by atoms with van der Waals surface area (Å²) in [5.41, 5.74) is 9.99. The average molecular weight is 1160 g/mol. The van der Waals surface area contributed by atoms with Crippen LogP contribution in [0.4, 0.5) is 18.3 Å². The molecule has 1 aliphatic rings. The van der Waals surface area contributed by atoms with Gasteiger partial charge < -0.3 is 30.7 Å². The largest absolute Gasteiger partial charge is 0.724 e. The Bertz CT molecular complexity index is 4270. The minimum Gasteiger partial charge on any atom is -0.724 e. The molecule has 84 heavy (non-hydrogen) atoms. The van der Waals surface area contributed by atoms with Gasteiger partial charge in [0.05, 0.1) is 24.2 Å². The number of hydrogen-bond acceptors (Lipinski definition) is 15. The fraction of sp³-hybridized carbons (Fsp3) is 0.197. The van der Waals surface area contributed by atoms with E-state index in [1.165, 1.54) is 19.2 Å². The summed E-state index contributed by atoms with van der Waals surface area (Å²) in [7, 11) is -5.17. The molecule has 1 saturated heterocycles. The lowest BCUT2D eigenvalue weighted by Gasteiger charge is -2.51. The number of aromatic nitrogens is 4. The fourth-order valence-electron chi connectivity index (χ4n) is 5.14. The van der Waals surface area contributed by atoms with Crippen molar-refractivity contribution in [3.8, 4) is 213 Å². The number of carboxylic acids is 1. The van der Waals surface area contributed by atoms with Gasteiger partial charge in [0.2, 0.25) is 22.5 Å². The zero-order valence-electron chi connectivity index (χ0n) is 43.8. The average Bonchev–Trinajstić information content (AvgIpc) is 1.07. The molecule has 412 valence electrons. The van der Waals surface area contributed by atoms with Crippen LogP contribution in [0, 0.1) is 208 Å². The highest BCUT2D eigenvalue weighted by Crippen LogP contribution is 2.40. The number of nitrogens with zero attached hydrogens (tertiary/aromatic N) is 6. The normalized spacial score (nSPS) is 10.9. The second-order valence-electron chi connectivity index (χ2n) is 14.8. The van der Waals surface area contributed by atoms with E-state index in [2.05, 4.69) is 215 Å². The topological polar surface area (TPSA) is 259 Å². The van der Waals surface area contributed by atoms with E-state index < -0.39 is 45.7 Å². The number of imidazole rings is 1. The fourth-order valence-corrected chi connectivity index (χ4v) is 6.14. The first-order valence-corrected chi connectivity index (χ1v) is 24.9. The van der Waals surface area contributed by atoms with E-state index in [9.17, 15) is 35.7 Å². The number of Topliss-reactive ketones (excluding diaryl/α,β-unsaturated/α-hetero) is 1. The lowest BCUT2D eigenvalue weighted by Crippen LogP contribution is -2.68. The molecule has 1 fully saturated rings. The number of carboxylic acid groups (broad SMARTS) is 1. The number of hydrogen-bond donors (Lipinski definition) is 3. The number of carbonyl (C=O) groups is 3. The van der Waals surface area contributed by atoms with Gasteiger partial charge in [-0.1, -0.05) is 11.1 Å². The summed E-state index contributed by atoms with van der Waals surface area (Å²) in [6, 6.07) is 3.55. The predicted octanol–water partition coefficient (Wildman–Crippen LogP) is 1.26. The van der Waals surface area contributed by atoms with Gasteiger partial charge in [0.1, 0.15) is 30.4 Å². The molecule has 1 amide bonds. The van der Waals surface area contributed by atoms with Crippen molar-refractivity contribution in [3.63, 3.8) is 0 Å². The third-order valence-corrected chi connectivity index (χ3v) is 9.68. The first kappa shape index (κ1) is 67.9. The van der Waals surface area contributed by atoms with E-state index in [4.69, 9.17) is 37.4 Å². The summed E-state index contributed by atoms with van der Waals surface area (Å²) < 4.78 is 78.3. The molecule has 1 aliphatic heterocycles. The van der Waals surface area contributed by atoms with E-state index in [0.717, 1.165) is 24.3 Å². The van der Waals surface area contributed by atoms with Crippen molar-refractivity contribution in [1.29, 1.82) is 0 Å². The van der Waals surface area contributed by atoms with Crippen LogP contribution >= 0.6 is 11.3 Å². The Morgan fingerprint density at radius 1 is 0.821 bits per heavy atom. The number of aryl methyl sites for hydroxylation is 1. The van der Waals surface area contributed by atoms with E-state index in [0.29, 0.717) is 23.2 Å². The van der Waals surface area contributed by atoms with Crippen LogP contribution in [-0.2, 0) is 40.4 Å². The predicted molar refractivity (Wildman–Crippen MR) is 299 cm³/mol. The molecule has 0 aromatic carbocycles. The molecule has 1 atom stereocenters. The van der Waals surface area contributed by atoms with Crippen LogP contribution in [0.1, 0.15) is 39.3 Å². The summed E-state index contributed by atoms with van der Waals surface area (Å²) in [6.07, 6.45) is 7.66. The molecule has 0 unspecified atom stereocenters. The van der Waals surface area contributed by atoms with Gasteiger partial charge in [-0.25, -0.2) is 27.7 Å². The minimum absolute atomic E-state index is 0.0340. The lowest BCUT2D eigenvalue weighted by atomic mass is 9.74. The zero-order valence-corrected chi connectivity index (χ0v) is 45.5. The van der Waals surface area contributed by atoms with Crippen molar-refractivity contribution >= 4 is 50.2 Å². The maximum atomic E-state index is 13.1. The van der Waals surface area contributed by atoms with Crippen molar-refractivity contribution < 1.29 is 64.1 Å². The number of alkyl halides is 3. The lowest BCUT2D eigenvalue weighted by molar-refractivity contribution is -0.696. The summed E-state index contributed by atoms with van der Waals surface area (Å²) in [6.45, 7) is 6.09. The number of halogens is 3. The van der Waals surface area contributed by atoms with Gasteiger partial charge in [-0.05, 0) is 135 Å². The highest BCUT2D eigenvalue weighted by atomic mass is 32.3. The zero-order chi connectivity index (χ0) is 61.9. The van der Waals surface area contributed by atoms with Gasteiger partial charge in [0.25, 0.3) is 5.91 Å². The smallest absolute Gasteiger partial charge is 0.490 e. The van der Waals surface area contributed by atoms with E-state index in [1.807, 2.05) is 27.9 Å². The van der Waals surface area contributed by atoms with Crippen LogP contribution in [-0.4, -0.2) is 92.5 Å². The first-order valence-electron chi connectivity index (χ1n) is 22.7. The first-order chi connectivity index (χ1) is 40.2. The Labute approximate surface area is 487 Å². The molecule has 18 nitrogen and oxygen atoms in total. The number of nitrogen functional groups attached to an aromatic ring is 1. The van der Waals surface area contributed by atoms with Gasteiger partial charge in [-0.2, -0.15) is 27.1 Å². The number of hydroxylamine groups is 2. The monoisotopic (exact) mass is 1160 g/mol. The molecule has 0 aliphatic carbocycles. The molecule has 4 heterocycles. The number of oxime groups is 1. The minimum atomic E-state index is -5.17. The SMILES string of the molecule is C#CC#CC#CC#CC#CC#CC#CC#CC#CC#CC#CC#CC#CC#CC#CC#CC#CC.CC1(C)[C@H](CC(=O)/C(=N\OCCOc2ccc(-n3cc[n+](CCCN)c3)nc2)c2csc(N)n2)C(=O)N1OS(=O)(=O)[O-].O=C(O)C(F)(F)F. The molecule has 23 heteroatoms. The van der Waals surface area contributed by atoms with Crippen molar-refractivity contribution in [1.82, 2.24) is 19.6 Å². The van der Waals surface area contributed by atoms with Crippen molar-refractivity contribution in [2.24, 2.45) is 16.8 Å². The summed E-state index contributed by atoms with van der Waals surface area (Å²) >= 11 is 1.08. The van der Waals surface area contributed by atoms with Crippen LogP contribution in [0.15, 0.2) is 47.6 Å². The number of ketones is 1. The molecule has 0 spiro atoms. The summed E-state index contributed by atoms with van der Waals surface area (Å²) in [4.78, 5) is 48.3. The number of ether oxygens (including phenoxy) is 1. The van der Waals surface area contributed by atoms with E-state index in [-0.39, 0.29) is 36.2 Å². The molecular weight excluding hydrogens is 1130 g/mol. The molecule has 5 N–H and O–H groups in total.